The normalized spacial score (nSPS) is 10.8. The number of rotatable bonds is 5. The second-order valence-corrected chi connectivity index (χ2v) is 6.79. The summed E-state index contributed by atoms with van der Waals surface area (Å²) >= 11 is 6.18. The highest BCUT2D eigenvalue weighted by Crippen LogP contribution is 2.21. The van der Waals surface area contributed by atoms with Crippen LogP contribution in [-0.2, 0) is 6.54 Å². The van der Waals surface area contributed by atoms with Crippen molar-refractivity contribution < 1.29 is 9.32 Å². The van der Waals surface area contributed by atoms with Gasteiger partial charge < -0.3 is 9.84 Å². The minimum atomic E-state index is -0.384. The number of nitrogens with one attached hydrogen (secondary N) is 1. The van der Waals surface area contributed by atoms with E-state index in [9.17, 15) is 4.79 Å². The number of hydrogen-bond acceptors (Lipinski definition) is 4. The number of carbonyl (C=O) groups excluding carboxylic acids is 1. The molecule has 140 valence electrons. The third-order valence-corrected chi connectivity index (χ3v) is 4.62. The summed E-state index contributed by atoms with van der Waals surface area (Å²) in [5, 5.41) is 11.6. The SMILES string of the molecule is Cc1ccc(-c2cc(C(=O)Nc3ccn(Cc4ccccc4Cl)n3)no2)cc1. The van der Waals surface area contributed by atoms with Crippen LogP contribution in [-0.4, -0.2) is 20.8 Å². The molecular weight excluding hydrogens is 376 g/mol. The van der Waals surface area contributed by atoms with Crippen molar-refractivity contribution in [1.29, 1.82) is 0 Å². The molecule has 0 aliphatic heterocycles. The van der Waals surface area contributed by atoms with Gasteiger partial charge in [-0.3, -0.25) is 9.48 Å². The van der Waals surface area contributed by atoms with Gasteiger partial charge in [0.1, 0.15) is 0 Å². The molecule has 0 atom stereocenters. The lowest BCUT2D eigenvalue weighted by Gasteiger charge is -2.04. The summed E-state index contributed by atoms with van der Waals surface area (Å²) in [6.07, 6.45) is 1.78. The van der Waals surface area contributed by atoms with E-state index in [1.807, 2.05) is 55.5 Å². The van der Waals surface area contributed by atoms with Crippen LogP contribution in [0.1, 0.15) is 21.6 Å². The highest BCUT2D eigenvalue weighted by atomic mass is 35.5. The molecule has 0 bridgehead atoms. The molecule has 2 heterocycles. The molecule has 7 heteroatoms. The summed E-state index contributed by atoms with van der Waals surface area (Å²) in [5.74, 6) is 0.580. The lowest BCUT2D eigenvalue weighted by atomic mass is 10.1. The molecule has 0 fully saturated rings. The zero-order valence-electron chi connectivity index (χ0n) is 15.1. The first-order valence-corrected chi connectivity index (χ1v) is 9.08. The summed E-state index contributed by atoms with van der Waals surface area (Å²) in [5.41, 5.74) is 3.15. The van der Waals surface area contributed by atoms with Crippen molar-refractivity contribution in [3.8, 4) is 11.3 Å². The van der Waals surface area contributed by atoms with Gasteiger partial charge in [-0.1, -0.05) is 64.8 Å². The molecule has 2 aromatic carbocycles. The van der Waals surface area contributed by atoms with E-state index in [2.05, 4.69) is 15.6 Å². The highest BCUT2D eigenvalue weighted by Gasteiger charge is 2.15. The first-order chi connectivity index (χ1) is 13.6. The molecule has 1 N–H and O–H groups in total. The molecule has 4 aromatic rings. The predicted molar refractivity (Wildman–Crippen MR) is 107 cm³/mol. The van der Waals surface area contributed by atoms with Gasteiger partial charge in [0.2, 0.25) is 0 Å². The van der Waals surface area contributed by atoms with Gasteiger partial charge in [0.25, 0.3) is 5.91 Å². The molecular formula is C21H17ClN4O2. The van der Waals surface area contributed by atoms with Gasteiger partial charge in [0.15, 0.2) is 17.3 Å². The van der Waals surface area contributed by atoms with Crippen LogP contribution in [0, 0.1) is 6.92 Å². The van der Waals surface area contributed by atoms with Crippen LogP contribution in [0.25, 0.3) is 11.3 Å². The monoisotopic (exact) mass is 392 g/mol. The Hall–Kier alpha value is -3.38. The number of aromatic nitrogens is 3. The second-order valence-electron chi connectivity index (χ2n) is 6.39. The van der Waals surface area contributed by atoms with E-state index in [0.29, 0.717) is 23.1 Å². The summed E-state index contributed by atoms with van der Waals surface area (Å²) in [4.78, 5) is 12.4. The molecule has 0 aliphatic rings. The topological polar surface area (TPSA) is 73.0 Å². The molecule has 28 heavy (non-hydrogen) atoms. The Kier molecular flexibility index (Phi) is 4.95. The van der Waals surface area contributed by atoms with Crippen LogP contribution in [0.4, 0.5) is 5.82 Å². The van der Waals surface area contributed by atoms with Gasteiger partial charge in [-0.25, -0.2) is 0 Å². The van der Waals surface area contributed by atoms with Crippen molar-refractivity contribution in [3.63, 3.8) is 0 Å². The van der Waals surface area contributed by atoms with Crippen LogP contribution in [0.3, 0.4) is 0 Å². The molecule has 0 radical (unpaired) electrons. The Labute approximate surface area is 166 Å². The molecule has 2 aromatic heterocycles. The van der Waals surface area contributed by atoms with Crippen LogP contribution in [0.15, 0.2) is 71.4 Å². The van der Waals surface area contributed by atoms with Gasteiger partial charge in [-0.2, -0.15) is 5.10 Å². The Bertz CT molecular complexity index is 1120. The minimum absolute atomic E-state index is 0.191. The number of amides is 1. The van der Waals surface area contributed by atoms with Gasteiger partial charge in [0, 0.05) is 28.9 Å². The molecule has 4 rings (SSSR count). The third-order valence-electron chi connectivity index (χ3n) is 4.25. The number of aryl methyl sites for hydroxylation is 1. The fourth-order valence-corrected chi connectivity index (χ4v) is 2.93. The van der Waals surface area contributed by atoms with Crippen LogP contribution < -0.4 is 5.32 Å². The fourth-order valence-electron chi connectivity index (χ4n) is 2.73. The highest BCUT2D eigenvalue weighted by molar-refractivity contribution is 6.31. The van der Waals surface area contributed by atoms with Crippen LogP contribution in [0.5, 0.6) is 0 Å². The zero-order chi connectivity index (χ0) is 19.5. The molecule has 1 amide bonds. The molecule has 0 spiro atoms. The Balaban J connectivity index is 1.44. The molecule has 0 unspecified atom stereocenters. The zero-order valence-corrected chi connectivity index (χ0v) is 15.8. The van der Waals surface area contributed by atoms with Crippen LogP contribution >= 0.6 is 11.6 Å². The average molecular weight is 393 g/mol. The summed E-state index contributed by atoms with van der Waals surface area (Å²) in [6.45, 7) is 2.52. The Morgan fingerprint density at radius 1 is 1.14 bits per heavy atom. The number of halogens is 1. The van der Waals surface area contributed by atoms with Crippen molar-refractivity contribution in [2.24, 2.45) is 0 Å². The number of anilines is 1. The van der Waals surface area contributed by atoms with Crippen molar-refractivity contribution in [1.82, 2.24) is 14.9 Å². The van der Waals surface area contributed by atoms with E-state index >= 15 is 0 Å². The minimum Gasteiger partial charge on any atom is -0.355 e. The van der Waals surface area contributed by atoms with E-state index in [1.54, 1.807) is 23.0 Å². The predicted octanol–water partition coefficient (Wildman–Crippen LogP) is 4.80. The summed E-state index contributed by atoms with van der Waals surface area (Å²) in [7, 11) is 0. The van der Waals surface area contributed by atoms with Crippen LogP contribution in [0.2, 0.25) is 5.02 Å². The molecule has 0 saturated carbocycles. The van der Waals surface area contributed by atoms with E-state index < -0.39 is 0 Å². The van der Waals surface area contributed by atoms with E-state index in [1.165, 1.54) is 0 Å². The average Bonchev–Trinajstić information content (AvgIpc) is 3.34. The van der Waals surface area contributed by atoms with Crippen molar-refractivity contribution in [2.45, 2.75) is 13.5 Å². The number of benzene rings is 2. The van der Waals surface area contributed by atoms with Gasteiger partial charge in [-0.05, 0) is 18.6 Å². The number of hydrogen-bond donors (Lipinski definition) is 1. The lowest BCUT2D eigenvalue weighted by Crippen LogP contribution is -2.13. The Morgan fingerprint density at radius 3 is 2.71 bits per heavy atom. The molecule has 0 saturated heterocycles. The third kappa shape index (κ3) is 3.97. The lowest BCUT2D eigenvalue weighted by molar-refractivity contribution is 0.101. The maximum Gasteiger partial charge on any atom is 0.279 e. The second kappa shape index (κ2) is 7.70. The van der Waals surface area contributed by atoms with E-state index in [4.69, 9.17) is 16.1 Å². The number of carbonyl (C=O) groups is 1. The molecule has 0 aliphatic carbocycles. The quantitative estimate of drug-likeness (QED) is 0.529. The summed E-state index contributed by atoms with van der Waals surface area (Å²) < 4.78 is 7.00. The fraction of sp³-hybridized carbons (Fsp3) is 0.0952. The standard InChI is InChI=1S/C21H17ClN4O2/c1-14-6-8-15(9-7-14)19-12-18(25-28-19)21(27)23-20-10-11-26(24-20)13-16-4-2-3-5-17(16)22/h2-12H,13H2,1H3,(H,23,24,27). The van der Waals surface area contributed by atoms with E-state index in [-0.39, 0.29) is 11.6 Å². The smallest absolute Gasteiger partial charge is 0.279 e. The van der Waals surface area contributed by atoms with E-state index in [0.717, 1.165) is 16.7 Å². The van der Waals surface area contributed by atoms with Gasteiger partial charge >= 0.3 is 0 Å². The Morgan fingerprint density at radius 2 is 1.93 bits per heavy atom. The largest absolute Gasteiger partial charge is 0.355 e. The van der Waals surface area contributed by atoms with Gasteiger partial charge in [-0.15, -0.1) is 0 Å². The van der Waals surface area contributed by atoms with Crippen molar-refractivity contribution >= 4 is 23.3 Å². The first-order valence-electron chi connectivity index (χ1n) is 8.70. The molecule has 6 nitrogen and oxygen atoms in total. The number of nitrogens with zero attached hydrogens (tertiary/aromatic N) is 3. The first kappa shape index (κ1) is 18.0. The maximum absolute atomic E-state index is 12.4. The van der Waals surface area contributed by atoms with Crippen molar-refractivity contribution in [3.05, 3.63) is 88.7 Å². The summed E-state index contributed by atoms with van der Waals surface area (Å²) in [6, 6.07) is 18.7. The maximum atomic E-state index is 12.4. The van der Waals surface area contributed by atoms with Crippen molar-refractivity contribution in [2.75, 3.05) is 5.32 Å². The van der Waals surface area contributed by atoms with Gasteiger partial charge in [0.05, 0.1) is 6.54 Å².